The summed E-state index contributed by atoms with van der Waals surface area (Å²) in [6.07, 6.45) is 0. The van der Waals surface area contributed by atoms with Gasteiger partial charge in [0.05, 0.1) is 16.4 Å². The van der Waals surface area contributed by atoms with Gasteiger partial charge in [-0.2, -0.15) is 5.10 Å². The van der Waals surface area contributed by atoms with Crippen LogP contribution in [0.2, 0.25) is 10.0 Å². The van der Waals surface area contributed by atoms with Crippen molar-refractivity contribution in [2.75, 3.05) is 5.73 Å². The molecule has 0 radical (unpaired) electrons. The summed E-state index contributed by atoms with van der Waals surface area (Å²) in [7, 11) is 1.89. The molecule has 0 aliphatic heterocycles. The SMILES string of the molecule is Cc1nn(C)c(CSc2cc(Cl)ccc2N)c1Cl. The first-order valence-corrected chi connectivity index (χ1v) is 7.09. The van der Waals surface area contributed by atoms with Crippen molar-refractivity contribution in [3.05, 3.63) is 39.6 Å². The highest BCUT2D eigenvalue weighted by molar-refractivity contribution is 7.98. The maximum Gasteiger partial charge on any atom is 0.0855 e. The van der Waals surface area contributed by atoms with E-state index in [1.165, 1.54) is 0 Å². The van der Waals surface area contributed by atoms with Gasteiger partial charge in [-0.05, 0) is 25.1 Å². The average molecular weight is 302 g/mol. The molecule has 2 rings (SSSR count). The van der Waals surface area contributed by atoms with Crippen molar-refractivity contribution in [2.45, 2.75) is 17.6 Å². The molecule has 3 nitrogen and oxygen atoms in total. The van der Waals surface area contributed by atoms with Gasteiger partial charge in [-0.25, -0.2) is 0 Å². The van der Waals surface area contributed by atoms with E-state index in [1.807, 2.05) is 20.0 Å². The molecule has 0 saturated carbocycles. The van der Waals surface area contributed by atoms with Crippen molar-refractivity contribution in [3.8, 4) is 0 Å². The summed E-state index contributed by atoms with van der Waals surface area (Å²) in [6, 6.07) is 5.45. The minimum absolute atomic E-state index is 0.680. The largest absolute Gasteiger partial charge is 0.398 e. The quantitative estimate of drug-likeness (QED) is 0.690. The molecule has 18 heavy (non-hydrogen) atoms. The number of aryl methyl sites for hydroxylation is 2. The maximum absolute atomic E-state index is 6.20. The van der Waals surface area contributed by atoms with Crippen LogP contribution in [0.4, 0.5) is 5.69 Å². The van der Waals surface area contributed by atoms with Crippen molar-refractivity contribution in [1.82, 2.24) is 9.78 Å². The third kappa shape index (κ3) is 2.76. The second-order valence-corrected chi connectivity index (χ2v) is 5.77. The molecule has 0 aliphatic carbocycles. The molecule has 1 aromatic carbocycles. The third-order valence-electron chi connectivity index (χ3n) is 2.60. The van der Waals surface area contributed by atoms with Gasteiger partial charge in [-0.15, -0.1) is 11.8 Å². The summed E-state index contributed by atoms with van der Waals surface area (Å²) >= 11 is 13.8. The van der Waals surface area contributed by atoms with Crippen molar-refractivity contribution < 1.29 is 0 Å². The highest BCUT2D eigenvalue weighted by atomic mass is 35.5. The fourth-order valence-corrected chi connectivity index (χ4v) is 3.23. The Hall–Kier alpha value is -0.840. The van der Waals surface area contributed by atoms with E-state index in [-0.39, 0.29) is 0 Å². The van der Waals surface area contributed by atoms with Crippen LogP contribution in [0, 0.1) is 6.92 Å². The molecule has 0 fully saturated rings. The monoisotopic (exact) mass is 301 g/mol. The smallest absolute Gasteiger partial charge is 0.0855 e. The number of halogens is 2. The molecular weight excluding hydrogens is 289 g/mol. The molecule has 1 aromatic heterocycles. The lowest BCUT2D eigenvalue weighted by molar-refractivity contribution is 0.727. The summed E-state index contributed by atoms with van der Waals surface area (Å²) in [6.45, 7) is 1.89. The molecule has 0 atom stereocenters. The molecule has 2 N–H and O–H groups in total. The topological polar surface area (TPSA) is 43.8 Å². The van der Waals surface area contributed by atoms with E-state index in [9.17, 15) is 0 Å². The number of nitrogen functional groups attached to an aromatic ring is 1. The summed E-state index contributed by atoms with van der Waals surface area (Å²) in [4.78, 5) is 0.956. The van der Waals surface area contributed by atoms with Crippen LogP contribution in [0.3, 0.4) is 0 Å². The number of hydrogen-bond acceptors (Lipinski definition) is 3. The Morgan fingerprint density at radius 1 is 1.39 bits per heavy atom. The lowest BCUT2D eigenvalue weighted by Crippen LogP contribution is -1.97. The third-order valence-corrected chi connectivity index (χ3v) is 4.41. The summed E-state index contributed by atoms with van der Waals surface area (Å²) in [5, 5.41) is 5.67. The van der Waals surface area contributed by atoms with Crippen LogP contribution in [0.1, 0.15) is 11.4 Å². The Bertz CT molecular complexity index is 581. The molecule has 96 valence electrons. The first-order valence-electron chi connectivity index (χ1n) is 5.35. The average Bonchev–Trinajstić information content (AvgIpc) is 2.55. The number of hydrogen-bond donors (Lipinski definition) is 1. The molecule has 0 bridgehead atoms. The van der Waals surface area contributed by atoms with Gasteiger partial charge in [0.25, 0.3) is 0 Å². The Labute approximate surface area is 120 Å². The van der Waals surface area contributed by atoms with E-state index in [1.54, 1.807) is 28.6 Å². The zero-order valence-electron chi connectivity index (χ0n) is 10.1. The van der Waals surface area contributed by atoms with Crippen LogP contribution in [-0.2, 0) is 12.8 Å². The van der Waals surface area contributed by atoms with Crippen molar-refractivity contribution >= 4 is 40.7 Å². The van der Waals surface area contributed by atoms with Gasteiger partial charge < -0.3 is 5.73 Å². The van der Waals surface area contributed by atoms with E-state index >= 15 is 0 Å². The molecule has 0 amide bonds. The number of nitrogens with two attached hydrogens (primary N) is 1. The molecule has 0 saturated heterocycles. The predicted octanol–water partition coefficient (Wildman–Crippen LogP) is 3.91. The van der Waals surface area contributed by atoms with Crippen LogP contribution in [0.15, 0.2) is 23.1 Å². The fourth-order valence-electron chi connectivity index (χ4n) is 1.62. The van der Waals surface area contributed by atoms with Crippen molar-refractivity contribution in [1.29, 1.82) is 0 Å². The Balaban J connectivity index is 2.19. The van der Waals surface area contributed by atoms with Gasteiger partial charge >= 0.3 is 0 Å². The van der Waals surface area contributed by atoms with E-state index in [0.717, 1.165) is 22.0 Å². The van der Waals surface area contributed by atoms with Crippen LogP contribution in [0.5, 0.6) is 0 Å². The van der Waals surface area contributed by atoms with Crippen molar-refractivity contribution in [2.24, 2.45) is 7.05 Å². The summed E-state index contributed by atoms with van der Waals surface area (Å²) in [5.74, 6) is 0.709. The maximum atomic E-state index is 6.20. The van der Waals surface area contributed by atoms with E-state index in [0.29, 0.717) is 15.8 Å². The second kappa shape index (κ2) is 5.43. The minimum atomic E-state index is 0.680. The molecule has 2 aromatic rings. The zero-order chi connectivity index (χ0) is 13.3. The second-order valence-electron chi connectivity index (χ2n) is 3.94. The first-order chi connectivity index (χ1) is 8.49. The lowest BCUT2D eigenvalue weighted by atomic mass is 10.3. The number of aromatic nitrogens is 2. The van der Waals surface area contributed by atoms with Crippen molar-refractivity contribution in [3.63, 3.8) is 0 Å². The molecular formula is C12H13Cl2N3S. The number of anilines is 1. The number of rotatable bonds is 3. The first kappa shape index (κ1) is 13.6. The van der Waals surface area contributed by atoms with Gasteiger partial charge in [0.2, 0.25) is 0 Å². The number of nitrogens with zero attached hydrogens (tertiary/aromatic N) is 2. The van der Waals surface area contributed by atoms with Gasteiger partial charge in [0, 0.05) is 28.4 Å². The standard InChI is InChI=1S/C12H13Cl2N3S/c1-7-12(14)10(17(2)16-7)6-18-11-5-8(13)3-4-9(11)15/h3-5H,6,15H2,1-2H3. The Morgan fingerprint density at radius 3 is 2.72 bits per heavy atom. The van der Waals surface area contributed by atoms with Crippen LogP contribution < -0.4 is 5.73 Å². The highest BCUT2D eigenvalue weighted by Crippen LogP contribution is 2.32. The highest BCUT2D eigenvalue weighted by Gasteiger charge is 2.12. The zero-order valence-corrected chi connectivity index (χ0v) is 12.4. The van der Waals surface area contributed by atoms with E-state index in [4.69, 9.17) is 28.9 Å². The molecule has 0 spiro atoms. The van der Waals surface area contributed by atoms with Gasteiger partial charge in [0.15, 0.2) is 0 Å². The van der Waals surface area contributed by atoms with Crippen LogP contribution in [0.25, 0.3) is 0 Å². The Kier molecular flexibility index (Phi) is 4.10. The van der Waals surface area contributed by atoms with Crippen LogP contribution >= 0.6 is 35.0 Å². The molecule has 0 aliphatic rings. The lowest BCUT2D eigenvalue weighted by Gasteiger charge is -2.06. The van der Waals surface area contributed by atoms with Gasteiger partial charge in [0.1, 0.15) is 0 Å². The van der Waals surface area contributed by atoms with Crippen LogP contribution in [-0.4, -0.2) is 9.78 Å². The molecule has 6 heteroatoms. The Morgan fingerprint density at radius 2 is 2.11 bits per heavy atom. The normalized spacial score (nSPS) is 10.9. The fraction of sp³-hybridized carbons (Fsp3) is 0.250. The number of thioether (sulfide) groups is 1. The van der Waals surface area contributed by atoms with E-state index < -0.39 is 0 Å². The summed E-state index contributed by atoms with van der Waals surface area (Å²) < 4.78 is 1.80. The molecule has 1 heterocycles. The number of benzene rings is 1. The summed E-state index contributed by atoms with van der Waals surface area (Å²) in [5.41, 5.74) is 8.45. The van der Waals surface area contributed by atoms with E-state index in [2.05, 4.69) is 5.10 Å². The van der Waals surface area contributed by atoms with Gasteiger partial charge in [-0.3, -0.25) is 4.68 Å². The predicted molar refractivity (Wildman–Crippen MR) is 78.4 cm³/mol. The molecule has 0 unspecified atom stereocenters. The minimum Gasteiger partial charge on any atom is -0.398 e. The van der Waals surface area contributed by atoms with Gasteiger partial charge in [-0.1, -0.05) is 23.2 Å².